The SMILES string of the molecule is O=[N+]([O-])c1c(Nc2ccnc3c(Cl)cccc23)cc(N2CCOCC2)cc1-c1cn(C(c2ccccc2)(c2ccccc2)c2ccccc2)cn1. The molecule has 0 radical (unpaired) electrons. The van der Waals surface area contributed by atoms with Crippen molar-refractivity contribution in [3.05, 3.63) is 178 Å². The van der Waals surface area contributed by atoms with E-state index in [4.69, 9.17) is 21.3 Å². The number of nitro benzene ring substituents is 1. The van der Waals surface area contributed by atoms with Gasteiger partial charge in [-0.1, -0.05) is 115 Å². The lowest BCUT2D eigenvalue weighted by Crippen LogP contribution is -2.36. The van der Waals surface area contributed by atoms with Crippen LogP contribution in [-0.2, 0) is 10.3 Å². The molecule has 9 nitrogen and oxygen atoms in total. The van der Waals surface area contributed by atoms with E-state index in [0.717, 1.165) is 27.8 Å². The molecule has 252 valence electrons. The highest BCUT2D eigenvalue weighted by Crippen LogP contribution is 2.45. The molecule has 3 heterocycles. The summed E-state index contributed by atoms with van der Waals surface area (Å²) in [5.74, 6) is 0. The first-order valence-corrected chi connectivity index (χ1v) is 17.1. The number of pyridine rings is 1. The predicted molar refractivity (Wildman–Crippen MR) is 202 cm³/mol. The van der Waals surface area contributed by atoms with E-state index in [-0.39, 0.29) is 10.6 Å². The number of morpholine rings is 1. The van der Waals surface area contributed by atoms with Crippen LogP contribution in [0.4, 0.5) is 22.7 Å². The highest BCUT2D eigenvalue weighted by atomic mass is 35.5. The number of nitrogens with one attached hydrogen (secondary N) is 1. The van der Waals surface area contributed by atoms with E-state index in [1.807, 2.05) is 85.1 Å². The predicted octanol–water partition coefficient (Wildman–Crippen LogP) is 9.08. The van der Waals surface area contributed by atoms with E-state index in [2.05, 4.69) is 56.2 Å². The van der Waals surface area contributed by atoms with E-state index >= 15 is 0 Å². The first-order chi connectivity index (χ1) is 25.0. The van der Waals surface area contributed by atoms with Gasteiger partial charge in [-0.2, -0.15) is 0 Å². The largest absolute Gasteiger partial charge is 0.378 e. The molecular formula is C41H33ClN6O3. The van der Waals surface area contributed by atoms with Crippen molar-refractivity contribution >= 4 is 45.3 Å². The Morgan fingerprint density at radius 2 is 1.39 bits per heavy atom. The van der Waals surface area contributed by atoms with Gasteiger partial charge in [-0.15, -0.1) is 0 Å². The number of fused-ring (bicyclic) bond motifs is 1. The van der Waals surface area contributed by atoms with E-state index in [9.17, 15) is 10.1 Å². The van der Waals surface area contributed by atoms with Crippen molar-refractivity contribution in [3.63, 3.8) is 0 Å². The monoisotopic (exact) mass is 692 g/mol. The van der Waals surface area contributed by atoms with Crippen LogP contribution in [0.3, 0.4) is 0 Å². The Morgan fingerprint density at radius 1 is 0.765 bits per heavy atom. The van der Waals surface area contributed by atoms with Gasteiger partial charge in [0.2, 0.25) is 0 Å². The Kier molecular flexibility index (Phi) is 8.65. The average Bonchev–Trinajstić information content (AvgIpc) is 3.67. The van der Waals surface area contributed by atoms with E-state index in [1.165, 1.54) is 0 Å². The summed E-state index contributed by atoms with van der Waals surface area (Å²) in [5.41, 5.74) is 5.42. The molecule has 5 aromatic carbocycles. The van der Waals surface area contributed by atoms with Crippen LogP contribution in [-0.4, -0.2) is 45.8 Å². The molecule has 0 spiro atoms. The van der Waals surface area contributed by atoms with Crippen LogP contribution < -0.4 is 10.2 Å². The van der Waals surface area contributed by atoms with E-state index < -0.39 is 5.54 Å². The zero-order valence-corrected chi connectivity index (χ0v) is 28.3. The van der Waals surface area contributed by atoms with Crippen molar-refractivity contribution in [1.29, 1.82) is 0 Å². The number of anilines is 3. The minimum absolute atomic E-state index is 0.0889. The number of aromatic nitrogens is 3. The molecule has 0 aliphatic carbocycles. The number of nitro groups is 1. The number of para-hydroxylation sites is 1. The maximum absolute atomic E-state index is 13.1. The molecule has 2 aromatic heterocycles. The average molecular weight is 693 g/mol. The molecule has 0 bridgehead atoms. The number of hydrogen-bond donors (Lipinski definition) is 1. The van der Waals surface area contributed by atoms with Gasteiger partial charge in [-0.05, 0) is 41.0 Å². The summed E-state index contributed by atoms with van der Waals surface area (Å²) in [6.07, 6.45) is 5.34. The van der Waals surface area contributed by atoms with Crippen molar-refractivity contribution in [2.75, 3.05) is 36.5 Å². The van der Waals surface area contributed by atoms with Gasteiger partial charge in [-0.3, -0.25) is 15.1 Å². The molecule has 1 fully saturated rings. The van der Waals surface area contributed by atoms with Gasteiger partial charge in [0, 0.05) is 42.2 Å². The quantitative estimate of drug-likeness (QED) is 0.0916. The Hall–Kier alpha value is -6.03. The van der Waals surface area contributed by atoms with Crippen LogP contribution in [0.5, 0.6) is 0 Å². The number of hydrogen-bond acceptors (Lipinski definition) is 7. The standard InChI is InChI=1S/C41H33ClN6O3/c42-35-18-10-17-33-36(19-20-43-39(33)35)45-37-26-32(46-21-23-51-24-22-46)25-34(40(37)48(49)50)38-27-47(28-44-38)41(29-11-4-1-5-12-29,30-13-6-2-7-14-30)31-15-8-3-9-16-31/h1-20,25-28H,21-24H2,(H,43,45). The second kappa shape index (κ2) is 13.7. The second-order valence-corrected chi connectivity index (χ2v) is 12.7. The lowest BCUT2D eigenvalue weighted by molar-refractivity contribution is -0.383. The Labute approximate surface area is 299 Å². The molecular weight excluding hydrogens is 660 g/mol. The number of imidazole rings is 1. The van der Waals surface area contributed by atoms with Crippen LogP contribution >= 0.6 is 11.6 Å². The van der Waals surface area contributed by atoms with Crippen molar-refractivity contribution in [2.45, 2.75) is 5.54 Å². The summed E-state index contributed by atoms with van der Waals surface area (Å²) in [6, 6.07) is 41.8. The van der Waals surface area contributed by atoms with Crippen molar-refractivity contribution in [1.82, 2.24) is 14.5 Å². The molecule has 0 amide bonds. The van der Waals surface area contributed by atoms with Gasteiger partial charge in [0.1, 0.15) is 11.2 Å². The third-order valence-corrected chi connectivity index (χ3v) is 9.77. The van der Waals surface area contributed by atoms with Gasteiger partial charge in [0.05, 0.1) is 46.3 Å². The third kappa shape index (κ3) is 5.86. The second-order valence-electron chi connectivity index (χ2n) is 12.3. The van der Waals surface area contributed by atoms with Crippen molar-refractivity contribution < 1.29 is 9.66 Å². The number of halogens is 1. The maximum Gasteiger partial charge on any atom is 0.302 e. The van der Waals surface area contributed by atoms with Gasteiger partial charge in [0.25, 0.3) is 0 Å². The maximum atomic E-state index is 13.1. The highest BCUT2D eigenvalue weighted by Gasteiger charge is 2.39. The number of nitrogens with zero attached hydrogens (tertiary/aromatic N) is 5. The Balaban J connectivity index is 1.35. The summed E-state index contributed by atoms with van der Waals surface area (Å²) >= 11 is 6.49. The first-order valence-electron chi connectivity index (χ1n) is 16.7. The number of benzene rings is 5. The minimum Gasteiger partial charge on any atom is -0.378 e. The minimum atomic E-state index is -0.831. The van der Waals surface area contributed by atoms with Crippen molar-refractivity contribution in [3.8, 4) is 11.3 Å². The lowest BCUT2D eigenvalue weighted by atomic mass is 9.77. The molecule has 0 unspecified atom stereocenters. The molecule has 51 heavy (non-hydrogen) atoms. The molecule has 1 saturated heterocycles. The summed E-state index contributed by atoms with van der Waals surface area (Å²) in [6.45, 7) is 2.42. The van der Waals surface area contributed by atoms with Crippen LogP contribution in [0.25, 0.3) is 22.2 Å². The van der Waals surface area contributed by atoms with Crippen LogP contribution in [0.2, 0.25) is 5.02 Å². The summed E-state index contributed by atoms with van der Waals surface area (Å²) < 4.78 is 7.72. The van der Waals surface area contributed by atoms with Crippen molar-refractivity contribution in [2.24, 2.45) is 0 Å². The molecule has 8 rings (SSSR count). The Bertz CT molecular complexity index is 2230. The molecule has 1 aliphatic heterocycles. The fourth-order valence-corrected chi connectivity index (χ4v) is 7.36. The fourth-order valence-electron chi connectivity index (χ4n) is 7.14. The molecule has 1 aliphatic rings. The Morgan fingerprint density at radius 3 is 2.00 bits per heavy atom. The van der Waals surface area contributed by atoms with Gasteiger partial charge in [-0.25, -0.2) is 4.98 Å². The zero-order chi connectivity index (χ0) is 34.8. The number of ether oxygens (including phenoxy) is 1. The normalized spacial score (nSPS) is 13.3. The van der Waals surface area contributed by atoms with Gasteiger partial charge < -0.3 is 19.5 Å². The fraction of sp³-hybridized carbons (Fsp3) is 0.122. The molecule has 7 aromatic rings. The smallest absolute Gasteiger partial charge is 0.302 e. The molecule has 0 atom stereocenters. The summed E-state index contributed by atoms with van der Waals surface area (Å²) in [4.78, 5) is 24.4. The van der Waals surface area contributed by atoms with Crippen LogP contribution in [0, 0.1) is 10.1 Å². The van der Waals surface area contributed by atoms with E-state index in [0.29, 0.717) is 59.5 Å². The highest BCUT2D eigenvalue weighted by molar-refractivity contribution is 6.35. The first kappa shape index (κ1) is 32.2. The third-order valence-electron chi connectivity index (χ3n) is 9.47. The number of rotatable bonds is 9. The molecule has 1 N–H and O–H groups in total. The van der Waals surface area contributed by atoms with Crippen LogP contribution in [0.1, 0.15) is 16.7 Å². The van der Waals surface area contributed by atoms with Gasteiger partial charge >= 0.3 is 5.69 Å². The van der Waals surface area contributed by atoms with Gasteiger partial charge in [0.15, 0.2) is 0 Å². The topological polar surface area (TPSA) is 98.4 Å². The molecule has 10 heteroatoms. The van der Waals surface area contributed by atoms with Crippen LogP contribution in [0.15, 0.2) is 146 Å². The lowest BCUT2D eigenvalue weighted by Gasteiger charge is -2.37. The summed E-state index contributed by atoms with van der Waals surface area (Å²) in [7, 11) is 0. The van der Waals surface area contributed by atoms with E-state index in [1.54, 1.807) is 24.7 Å². The summed E-state index contributed by atoms with van der Waals surface area (Å²) in [5, 5.41) is 17.8. The molecule has 0 saturated carbocycles. The zero-order valence-electron chi connectivity index (χ0n) is 27.5.